The third kappa shape index (κ3) is 3.79. The Morgan fingerprint density at radius 2 is 1.86 bits per heavy atom. The third-order valence-corrected chi connectivity index (χ3v) is 2.95. The average Bonchev–Trinajstić information content (AvgIpc) is 2.46. The van der Waals surface area contributed by atoms with Crippen LogP contribution in [0.15, 0.2) is 42.6 Å². The van der Waals surface area contributed by atoms with E-state index in [0.29, 0.717) is 11.3 Å². The molecule has 0 aliphatic heterocycles. The summed E-state index contributed by atoms with van der Waals surface area (Å²) in [7, 11) is 0. The van der Waals surface area contributed by atoms with E-state index in [0.717, 1.165) is 5.56 Å². The highest BCUT2D eigenvalue weighted by molar-refractivity contribution is 5.96. The predicted octanol–water partition coefficient (Wildman–Crippen LogP) is 1.22. The maximum absolute atomic E-state index is 12.0. The number of aliphatic carboxylic acids is 1. The highest BCUT2D eigenvalue weighted by Crippen LogP contribution is 2.11. The lowest BCUT2D eigenvalue weighted by molar-refractivity contribution is -0.136. The van der Waals surface area contributed by atoms with Gasteiger partial charge in [0.05, 0.1) is 12.1 Å². The first kappa shape index (κ1) is 14.5. The van der Waals surface area contributed by atoms with Gasteiger partial charge in [0.1, 0.15) is 0 Å². The molecule has 6 nitrogen and oxygen atoms in total. The number of nitrogens with one attached hydrogen (secondary N) is 1. The molecule has 0 saturated carbocycles. The van der Waals surface area contributed by atoms with Crippen LogP contribution >= 0.6 is 0 Å². The monoisotopic (exact) mass is 285 g/mol. The normalized spacial score (nSPS) is 10.1. The summed E-state index contributed by atoms with van der Waals surface area (Å²) >= 11 is 0. The number of amides is 1. The van der Waals surface area contributed by atoms with Crippen LogP contribution in [0.2, 0.25) is 0 Å². The van der Waals surface area contributed by atoms with Gasteiger partial charge < -0.3 is 16.2 Å². The van der Waals surface area contributed by atoms with Crippen LogP contribution in [0.25, 0.3) is 0 Å². The van der Waals surface area contributed by atoms with Crippen molar-refractivity contribution in [1.82, 2.24) is 10.3 Å². The molecule has 21 heavy (non-hydrogen) atoms. The minimum atomic E-state index is -0.914. The number of anilines is 1. The zero-order valence-corrected chi connectivity index (χ0v) is 11.2. The molecule has 1 aromatic carbocycles. The fourth-order valence-corrected chi connectivity index (χ4v) is 1.93. The van der Waals surface area contributed by atoms with Gasteiger partial charge in [0.15, 0.2) is 5.69 Å². The van der Waals surface area contributed by atoms with Crippen LogP contribution in [-0.4, -0.2) is 22.0 Å². The molecule has 1 aromatic heterocycles. The lowest BCUT2D eigenvalue weighted by Crippen LogP contribution is -2.25. The van der Waals surface area contributed by atoms with Crippen LogP contribution in [0, 0.1) is 0 Å². The Morgan fingerprint density at radius 3 is 2.52 bits per heavy atom. The standard InChI is InChI=1S/C15H15N3O3/c16-12-6-3-7-17-14(12)15(21)18-9-11-5-2-1-4-10(11)8-13(19)20/h1-7H,8-9,16H2,(H,18,21)(H,19,20). The number of pyridine rings is 1. The number of aromatic nitrogens is 1. The molecule has 0 saturated heterocycles. The van der Waals surface area contributed by atoms with Crippen LogP contribution in [0.1, 0.15) is 21.6 Å². The van der Waals surface area contributed by atoms with Gasteiger partial charge in [-0.25, -0.2) is 4.98 Å². The van der Waals surface area contributed by atoms with E-state index in [1.54, 1.807) is 36.4 Å². The molecule has 2 rings (SSSR count). The molecule has 0 aliphatic carbocycles. The molecule has 0 radical (unpaired) electrons. The van der Waals surface area contributed by atoms with Crippen LogP contribution < -0.4 is 11.1 Å². The Kier molecular flexibility index (Phi) is 4.50. The average molecular weight is 285 g/mol. The molecule has 0 atom stereocenters. The second-order valence-corrected chi connectivity index (χ2v) is 4.46. The number of hydrogen-bond donors (Lipinski definition) is 3. The Hall–Kier alpha value is -2.89. The number of carboxylic acids is 1. The van der Waals surface area contributed by atoms with Crippen LogP contribution in [-0.2, 0) is 17.8 Å². The minimum absolute atomic E-state index is 0.0855. The van der Waals surface area contributed by atoms with Crippen LogP contribution in [0.4, 0.5) is 5.69 Å². The summed E-state index contributed by atoms with van der Waals surface area (Å²) in [6.07, 6.45) is 1.40. The smallest absolute Gasteiger partial charge is 0.307 e. The van der Waals surface area contributed by atoms with E-state index in [1.165, 1.54) is 6.20 Å². The molecule has 108 valence electrons. The molecule has 0 aliphatic rings. The quantitative estimate of drug-likeness (QED) is 0.766. The first-order chi connectivity index (χ1) is 10.1. The van der Waals surface area contributed by atoms with Gasteiger partial charge in [-0.1, -0.05) is 24.3 Å². The maximum atomic E-state index is 12.0. The largest absolute Gasteiger partial charge is 0.481 e. The summed E-state index contributed by atoms with van der Waals surface area (Å²) in [5.74, 6) is -1.30. The Labute approximate surface area is 121 Å². The van der Waals surface area contributed by atoms with Crippen molar-refractivity contribution < 1.29 is 14.7 Å². The van der Waals surface area contributed by atoms with Crippen molar-refractivity contribution in [3.05, 3.63) is 59.4 Å². The minimum Gasteiger partial charge on any atom is -0.481 e. The second-order valence-electron chi connectivity index (χ2n) is 4.46. The van der Waals surface area contributed by atoms with E-state index in [9.17, 15) is 9.59 Å². The van der Waals surface area contributed by atoms with E-state index in [2.05, 4.69) is 10.3 Å². The van der Waals surface area contributed by atoms with Crippen molar-refractivity contribution in [2.75, 3.05) is 5.73 Å². The fraction of sp³-hybridized carbons (Fsp3) is 0.133. The molecule has 0 fully saturated rings. The number of carbonyl (C=O) groups excluding carboxylic acids is 1. The zero-order chi connectivity index (χ0) is 15.2. The number of carbonyl (C=O) groups is 2. The van der Waals surface area contributed by atoms with Gasteiger partial charge in [-0.3, -0.25) is 9.59 Å². The summed E-state index contributed by atoms with van der Waals surface area (Å²) in [5, 5.41) is 11.6. The SMILES string of the molecule is Nc1cccnc1C(=O)NCc1ccccc1CC(=O)O. The summed E-state index contributed by atoms with van der Waals surface area (Å²) in [4.78, 5) is 26.7. The van der Waals surface area contributed by atoms with Gasteiger partial charge in [-0.15, -0.1) is 0 Å². The Bertz CT molecular complexity index is 671. The third-order valence-electron chi connectivity index (χ3n) is 2.95. The molecule has 1 heterocycles. The highest BCUT2D eigenvalue weighted by Gasteiger charge is 2.12. The van der Waals surface area contributed by atoms with Gasteiger partial charge in [0, 0.05) is 12.7 Å². The fourth-order valence-electron chi connectivity index (χ4n) is 1.93. The number of carboxylic acid groups (broad SMARTS) is 1. The van der Waals surface area contributed by atoms with Gasteiger partial charge in [-0.2, -0.15) is 0 Å². The number of nitrogens with zero attached hydrogens (tertiary/aromatic N) is 1. The predicted molar refractivity (Wildman–Crippen MR) is 77.6 cm³/mol. The van der Waals surface area contributed by atoms with E-state index in [-0.39, 0.29) is 18.7 Å². The van der Waals surface area contributed by atoms with Crippen molar-refractivity contribution in [2.24, 2.45) is 0 Å². The van der Waals surface area contributed by atoms with E-state index in [4.69, 9.17) is 10.8 Å². The van der Waals surface area contributed by atoms with Crippen LogP contribution in [0.5, 0.6) is 0 Å². The number of rotatable bonds is 5. The molecule has 0 bridgehead atoms. The lowest BCUT2D eigenvalue weighted by atomic mass is 10.0. The molecule has 6 heteroatoms. The number of hydrogen-bond acceptors (Lipinski definition) is 4. The zero-order valence-electron chi connectivity index (χ0n) is 11.2. The van der Waals surface area contributed by atoms with Gasteiger partial charge in [0.25, 0.3) is 5.91 Å². The van der Waals surface area contributed by atoms with Crippen molar-refractivity contribution >= 4 is 17.6 Å². The van der Waals surface area contributed by atoms with Gasteiger partial charge in [-0.05, 0) is 23.3 Å². The summed E-state index contributed by atoms with van der Waals surface area (Å²) < 4.78 is 0. The second kappa shape index (κ2) is 6.51. The Balaban J connectivity index is 2.08. The molecular weight excluding hydrogens is 270 g/mol. The van der Waals surface area contributed by atoms with E-state index >= 15 is 0 Å². The lowest BCUT2D eigenvalue weighted by Gasteiger charge is -2.10. The Morgan fingerprint density at radius 1 is 1.14 bits per heavy atom. The topological polar surface area (TPSA) is 105 Å². The van der Waals surface area contributed by atoms with Crippen molar-refractivity contribution in [3.63, 3.8) is 0 Å². The first-order valence-corrected chi connectivity index (χ1v) is 6.35. The molecule has 0 unspecified atom stereocenters. The first-order valence-electron chi connectivity index (χ1n) is 6.35. The van der Waals surface area contributed by atoms with Crippen LogP contribution in [0.3, 0.4) is 0 Å². The van der Waals surface area contributed by atoms with Crippen molar-refractivity contribution in [2.45, 2.75) is 13.0 Å². The van der Waals surface area contributed by atoms with Gasteiger partial charge >= 0.3 is 5.97 Å². The molecule has 2 aromatic rings. The maximum Gasteiger partial charge on any atom is 0.307 e. The molecular formula is C15H15N3O3. The molecule has 0 spiro atoms. The molecule has 1 amide bonds. The molecule has 4 N–H and O–H groups in total. The summed E-state index contributed by atoms with van der Waals surface area (Å²) in [6.45, 7) is 0.221. The number of nitrogens with two attached hydrogens (primary N) is 1. The summed E-state index contributed by atoms with van der Waals surface area (Å²) in [6, 6.07) is 10.3. The van der Waals surface area contributed by atoms with E-state index in [1.807, 2.05) is 0 Å². The van der Waals surface area contributed by atoms with Gasteiger partial charge in [0.2, 0.25) is 0 Å². The van der Waals surface area contributed by atoms with Crippen molar-refractivity contribution in [1.29, 1.82) is 0 Å². The van der Waals surface area contributed by atoms with Crippen molar-refractivity contribution in [3.8, 4) is 0 Å². The number of nitrogen functional groups attached to an aromatic ring is 1. The summed E-state index contributed by atoms with van der Waals surface area (Å²) in [5.41, 5.74) is 7.56. The highest BCUT2D eigenvalue weighted by atomic mass is 16.4. The van der Waals surface area contributed by atoms with E-state index < -0.39 is 11.9 Å². The number of benzene rings is 1.